The molecule has 0 spiro atoms. The summed E-state index contributed by atoms with van der Waals surface area (Å²) in [6, 6.07) is 9.78. The molecule has 0 radical (unpaired) electrons. The molecule has 0 aliphatic carbocycles. The maximum absolute atomic E-state index is 4.74. The molecule has 0 bridgehead atoms. The predicted molar refractivity (Wildman–Crippen MR) is 107 cm³/mol. The lowest BCUT2D eigenvalue weighted by Gasteiger charge is -2.36. The van der Waals surface area contributed by atoms with Gasteiger partial charge in [0.25, 0.3) is 0 Å². The van der Waals surface area contributed by atoms with Crippen LogP contribution in [0.25, 0.3) is 0 Å². The Labute approximate surface area is 157 Å². The van der Waals surface area contributed by atoms with Gasteiger partial charge in [-0.25, -0.2) is 4.98 Å². The quantitative estimate of drug-likeness (QED) is 0.582. The van der Waals surface area contributed by atoms with Crippen LogP contribution >= 0.6 is 0 Å². The van der Waals surface area contributed by atoms with Crippen molar-refractivity contribution in [3.05, 3.63) is 54.1 Å². The van der Waals surface area contributed by atoms with Gasteiger partial charge in [-0.2, -0.15) is 5.10 Å². The highest BCUT2D eigenvalue weighted by Gasteiger charge is 2.22. The lowest BCUT2D eigenvalue weighted by Crippen LogP contribution is -2.39. The first-order chi connectivity index (χ1) is 12.7. The molecule has 140 valence electrons. The molecule has 1 fully saturated rings. The zero-order valence-electron chi connectivity index (χ0n) is 16.0. The number of nitrogens with zero attached hydrogens (tertiary/aromatic N) is 4. The van der Waals surface area contributed by atoms with Gasteiger partial charge in [0.2, 0.25) is 0 Å². The van der Waals surface area contributed by atoms with Gasteiger partial charge in [0.1, 0.15) is 0 Å². The molecule has 1 aromatic heterocycles. The largest absolute Gasteiger partial charge is 0.337 e. The lowest BCUT2D eigenvalue weighted by atomic mass is 10.00. The number of hydrogen-bond donors (Lipinski definition) is 1. The van der Waals surface area contributed by atoms with E-state index in [9.17, 15) is 0 Å². The van der Waals surface area contributed by atoms with Gasteiger partial charge in [0, 0.05) is 37.6 Å². The minimum absolute atomic E-state index is 0.542. The lowest BCUT2D eigenvalue weighted by molar-refractivity contribution is 0.109. The number of imidazole rings is 1. The number of piperidine rings is 1. The van der Waals surface area contributed by atoms with Gasteiger partial charge in [0.05, 0.1) is 12.5 Å². The second-order valence-corrected chi connectivity index (χ2v) is 7.33. The summed E-state index contributed by atoms with van der Waals surface area (Å²) in [6.07, 6.45) is 12.6. The zero-order valence-corrected chi connectivity index (χ0v) is 16.0. The van der Waals surface area contributed by atoms with Crippen molar-refractivity contribution in [1.82, 2.24) is 19.9 Å². The molecule has 1 aromatic carbocycles. The standard InChI is InChI=1S/C21H31N5/c1-18-5-3-6-19(2)26(18)24-16-21-9-7-20(8-10-21)15-22-11-4-13-25-14-12-23-17-25/h7-10,12,14,16-19,22H,3-6,11,13,15H2,1-2H3. The van der Waals surface area contributed by atoms with Crippen LogP contribution in [-0.2, 0) is 13.1 Å². The highest BCUT2D eigenvalue weighted by atomic mass is 15.5. The van der Waals surface area contributed by atoms with Crippen molar-refractivity contribution in [2.24, 2.45) is 5.10 Å². The first kappa shape index (κ1) is 18.6. The Kier molecular flexibility index (Phi) is 6.83. The topological polar surface area (TPSA) is 45.5 Å². The van der Waals surface area contributed by atoms with Gasteiger partial charge in [-0.3, -0.25) is 5.01 Å². The number of hydrazone groups is 1. The Bertz CT molecular complexity index is 652. The van der Waals surface area contributed by atoms with Crippen LogP contribution in [0.1, 0.15) is 50.7 Å². The number of nitrogens with one attached hydrogen (secondary N) is 1. The van der Waals surface area contributed by atoms with Gasteiger partial charge >= 0.3 is 0 Å². The molecule has 1 N–H and O–H groups in total. The molecule has 26 heavy (non-hydrogen) atoms. The number of hydrogen-bond acceptors (Lipinski definition) is 4. The van der Waals surface area contributed by atoms with Gasteiger partial charge < -0.3 is 9.88 Å². The first-order valence-electron chi connectivity index (χ1n) is 9.80. The molecule has 3 rings (SSSR count). The van der Waals surface area contributed by atoms with E-state index < -0.39 is 0 Å². The van der Waals surface area contributed by atoms with Crippen molar-refractivity contribution in [2.45, 2.75) is 64.7 Å². The summed E-state index contributed by atoms with van der Waals surface area (Å²) in [5.41, 5.74) is 2.48. The van der Waals surface area contributed by atoms with E-state index in [1.807, 2.05) is 24.9 Å². The van der Waals surface area contributed by atoms with E-state index in [2.05, 4.69) is 58.0 Å². The zero-order chi connectivity index (χ0) is 18.2. The number of benzene rings is 1. The minimum atomic E-state index is 0.542. The average molecular weight is 354 g/mol. The molecule has 2 unspecified atom stereocenters. The van der Waals surface area contributed by atoms with Crippen molar-refractivity contribution < 1.29 is 0 Å². The van der Waals surface area contributed by atoms with Gasteiger partial charge in [-0.05, 0) is 57.2 Å². The number of aromatic nitrogens is 2. The minimum Gasteiger partial charge on any atom is -0.337 e. The SMILES string of the molecule is CC1CCCC(C)N1N=Cc1ccc(CNCCCn2ccnc2)cc1. The van der Waals surface area contributed by atoms with Gasteiger partial charge in [-0.1, -0.05) is 24.3 Å². The van der Waals surface area contributed by atoms with E-state index >= 15 is 0 Å². The molecule has 2 heterocycles. The van der Waals surface area contributed by atoms with Crippen LogP contribution in [0.2, 0.25) is 0 Å². The Hall–Kier alpha value is -2.14. The van der Waals surface area contributed by atoms with Crippen LogP contribution in [0.3, 0.4) is 0 Å². The van der Waals surface area contributed by atoms with Crippen molar-refractivity contribution >= 4 is 6.21 Å². The normalized spacial score (nSPS) is 20.8. The Morgan fingerprint density at radius 2 is 1.96 bits per heavy atom. The van der Waals surface area contributed by atoms with E-state index in [-0.39, 0.29) is 0 Å². The van der Waals surface area contributed by atoms with E-state index in [0.717, 1.165) is 26.1 Å². The molecular weight excluding hydrogens is 322 g/mol. The molecule has 1 saturated heterocycles. The monoisotopic (exact) mass is 353 g/mol. The predicted octanol–water partition coefficient (Wildman–Crippen LogP) is 3.66. The van der Waals surface area contributed by atoms with Crippen molar-refractivity contribution in [3.63, 3.8) is 0 Å². The molecule has 5 heteroatoms. The maximum atomic E-state index is 4.74. The third kappa shape index (κ3) is 5.43. The van der Waals surface area contributed by atoms with Gasteiger partial charge in [0.15, 0.2) is 0 Å². The third-order valence-electron chi connectivity index (χ3n) is 5.13. The summed E-state index contributed by atoms with van der Waals surface area (Å²) < 4.78 is 2.11. The molecule has 2 atom stereocenters. The van der Waals surface area contributed by atoms with E-state index in [4.69, 9.17) is 5.10 Å². The Morgan fingerprint density at radius 3 is 2.65 bits per heavy atom. The smallest absolute Gasteiger partial charge is 0.0945 e. The summed E-state index contributed by atoms with van der Waals surface area (Å²) >= 11 is 0. The van der Waals surface area contributed by atoms with E-state index in [1.54, 1.807) is 0 Å². The van der Waals surface area contributed by atoms with Crippen LogP contribution in [0.15, 0.2) is 48.1 Å². The molecule has 0 amide bonds. The van der Waals surface area contributed by atoms with Crippen LogP contribution in [0.5, 0.6) is 0 Å². The summed E-state index contributed by atoms with van der Waals surface area (Å²) in [5.74, 6) is 0. The van der Waals surface area contributed by atoms with E-state index in [1.165, 1.54) is 30.4 Å². The average Bonchev–Trinajstić information content (AvgIpc) is 3.16. The molecular formula is C21H31N5. The molecule has 1 aliphatic heterocycles. The fourth-order valence-corrected chi connectivity index (χ4v) is 3.53. The van der Waals surface area contributed by atoms with Crippen molar-refractivity contribution in [2.75, 3.05) is 6.54 Å². The summed E-state index contributed by atoms with van der Waals surface area (Å²) in [7, 11) is 0. The molecule has 5 nitrogen and oxygen atoms in total. The Morgan fingerprint density at radius 1 is 1.19 bits per heavy atom. The second-order valence-electron chi connectivity index (χ2n) is 7.33. The molecule has 2 aromatic rings. The number of rotatable bonds is 8. The molecule has 0 saturated carbocycles. The fraction of sp³-hybridized carbons (Fsp3) is 0.524. The third-order valence-corrected chi connectivity index (χ3v) is 5.13. The summed E-state index contributed by atoms with van der Waals surface area (Å²) in [4.78, 5) is 4.06. The maximum Gasteiger partial charge on any atom is 0.0945 e. The van der Waals surface area contributed by atoms with E-state index in [0.29, 0.717) is 12.1 Å². The van der Waals surface area contributed by atoms with Crippen molar-refractivity contribution in [3.8, 4) is 0 Å². The highest BCUT2D eigenvalue weighted by molar-refractivity contribution is 5.79. The Balaban J connectivity index is 1.40. The van der Waals surface area contributed by atoms with Crippen LogP contribution in [0, 0.1) is 0 Å². The highest BCUT2D eigenvalue weighted by Crippen LogP contribution is 2.22. The molecule has 1 aliphatic rings. The summed E-state index contributed by atoms with van der Waals surface area (Å²) in [5, 5.41) is 10.5. The van der Waals surface area contributed by atoms with Crippen LogP contribution in [0.4, 0.5) is 0 Å². The summed E-state index contributed by atoms with van der Waals surface area (Å²) in [6.45, 7) is 7.46. The second kappa shape index (κ2) is 9.53. The number of aryl methyl sites for hydroxylation is 1. The van der Waals surface area contributed by atoms with Gasteiger partial charge in [-0.15, -0.1) is 0 Å². The van der Waals surface area contributed by atoms with Crippen LogP contribution in [-0.4, -0.2) is 39.4 Å². The van der Waals surface area contributed by atoms with Crippen molar-refractivity contribution in [1.29, 1.82) is 0 Å². The fourth-order valence-electron chi connectivity index (χ4n) is 3.53. The van der Waals surface area contributed by atoms with Crippen LogP contribution < -0.4 is 5.32 Å². The first-order valence-corrected chi connectivity index (χ1v) is 9.80.